The van der Waals surface area contributed by atoms with E-state index < -0.39 is 0 Å². The van der Waals surface area contributed by atoms with Gasteiger partial charge in [-0.25, -0.2) is 0 Å². The van der Waals surface area contributed by atoms with Gasteiger partial charge in [0.2, 0.25) is 0 Å². The van der Waals surface area contributed by atoms with Crippen molar-refractivity contribution in [2.24, 2.45) is 0 Å². The minimum atomic E-state index is 0.790. The molecule has 12 heavy (non-hydrogen) atoms. The molecule has 1 aliphatic rings. The fraction of sp³-hybridized carbons (Fsp3) is 0.500. The molecule has 0 aromatic heterocycles. The quantitative estimate of drug-likeness (QED) is 0.546. The van der Waals surface area contributed by atoms with Crippen molar-refractivity contribution in [1.82, 2.24) is 0 Å². The molecule has 0 fully saturated rings. The van der Waals surface area contributed by atoms with Crippen LogP contribution in [0.15, 0.2) is 12.1 Å². The Morgan fingerprint density at radius 3 is 2.75 bits per heavy atom. The highest BCUT2D eigenvalue weighted by molar-refractivity contribution is 5.43. The van der Waals surface area contributed by atoms with Gasteiger partial charge < -0.3 is 0 Å². The Bertz CT molecular complexity index is 310. The zero-order chi connectivity index (χ0) is 8.72. The Balaban J connectivity index is 2.60. The van der Waals surface area contributed by atoms with Gasteiger partial charge in [-0.05, 0) is 49.3 Å². The van der Waals surface area contributed by atoms with Crippen molar-refractivity contribution in [3.05, 3.63) is 34.4 Å². The summed E-state index contributed by atoms with van der Waals surface area (Å²) in [4.78, 5) is 0. The fourth-order valence-electron chi connectivity index (χ4n) is 2.33. The third-order valence-corrected chi connectivity index (χ3v) is 3.01. The Kier molecular flexibility index (Phi) is 1.71. The van der Waals surface area contributed by atoms with E-state index in [1.165, 1.54) is 24.0 Å². The van der Waals surface area contributed by atoms with Gasteiger partial charge in [0, 0.05) is 0 Å². The second-order valence-corrected chi connectivity index (χ2v) is 4.09. The molecule has 0 nitrogen and oxygen atoms in total. The molecule has 1 aliphatic carbocycles. The molecule has 0 heterocycles. The monoisotopic (exact) mass is 160 g/mol. The normalized spacial score (nSPS) is 21.1. The van der Waals surface area contributed by atoms with E-state index in [4.69, 9.17) is 0 Å². The molecule has 0 radical (unpaired) electrons. The second kappa shape index (κ2) is 2.62. The Hall–Kier alpha value is -0.780. The van der Waals surface area contributed by atoms with E-state index in [0.717, 1.165) is 5.92 Å². The zero-order valence-corrected chi connectivity index (χ0v) is 8.15. The molecule has 0 aliphatic heterocycles. The molecule has 64 valence electrons. The predicted molar refractivity (Wildman–Crippen MR) is 52.7 cm³/mol. The number of hydrogen-bond donors (Lipinski definition) is 0. The van der Waals surface area contributed by atoms with Gasteiger partial charge in [-0.3, -0.25) is 0 Å². The molecule has 0 saturated heterocycles. The van der Waals surface area contributed by atoms with E-state index in [2.05, 4.69) is 32.9 Å². The molecule has 0 saturated carbocycles. The van der Waals surface area contributed by atoms with Crippen LogP contribution in [0.2, 0.25) is 0 Å². The summed E-state index contributed by atoms with van der Waals surface area (Å²) in [6, 6.07) is 4.66. The van der Waals surface area contributed by atoms with E-state index in [-0.39, 0.29) is 0 Å². The third kappa shape index (κ3) is 1.06. The van der Waals surface area contributed by atoms with Gasteiger partial charge in [0.05, 0.1) is 0 Å². The lowest BCUT2D eigenvalue weighted by atomic mass is 9.98. The molecule has 1 aromatic rings. The van der Waals surface area contributed by atoms with Crippen molar-refractivity contribution < 1.29 is 0 Å². The van der Waals surface area contributed by atoms with Crippen molar-refractivity contribution in [2.45, 2.75) is 39.5 Å². The first-order valence-electron chi connectivity index (χ1n) is 4.78. The summed E-state index contributed by atoms with van der Waals surface area (Å²) in [5.74, 6) is 0.790. The molecular formula is C12H16. The highest BCUT2D eigenvalue weighted by Gasteiger charge is 2.19. The van der Waals surface area contributed by atoms with Gasteiger partial charge in [0.25, 0.3) is 0 Å². The van der Waals surface area contributed by atoms with Crippen LogP contribution in [0.1, 0.15) is 41.5 Å². The summed E-state index contributed by atoms with van der Waals surface area (Å²) in [6.07, 6.45) is 2.64. The van der Waals surface area contributed by atoms with Gasteiger partial charge in [0.1, 0.15) is 0 Å². The van der Waals surface area contributed by atoms with Crippen molar-refractivity contribution in [3.8, 4) is 0 Å². The number of benzene rings is 1. The molecule has 0 bridgehead atoms. The second-order valence-electron chi connectivity index (χ2n) is 4.09. The molecule has 0 amide bonds. The molecule has 1 atom stereocenters. The standard InChI is InChI=1S/C12H16/c1-8-6-10(3)11-5-4-9(2)12(11)7-8/h6-7,9H,4-5H2,1-3H3. The van der Waals surface area contributed by atoms with Gasteiger partial charge in [0.15, 0.2) is 0 Å². The van der Waals surface area contributed by atoms with Gasteiger partial charge >= 0.3 is 0 Å². The number of rotatable bonds is 0. The van der Waals surface area contributed by atoms with Crippen molar-refractivity contribution in [3.63, 3.8) is 0 Å². The maximum atomic E-state index is 2.36. The molecular weight excluding hydrogens is 144 g/mol. The van der Waals surface area contributed by atoms with Crippen LogP contribution >= 0.6 is 0 Å². The summed E-state index contributed by atoms with van der Waals surface area (Å²) in [6.45, 7) is 6.77. The van der Waals surface area contributed by atoms with Crippen LogP contribution in [-0.2, 0) is 6.42 Å². The van der Waals surface area contributed by atoms with Gasteiger partial charge in [-0.15, -0.1) is 0 Å². The highest BCUT2D eigenvalue weighted by atomic mass is 14.2. The molecule has 1 aromatic carbocycles. The maximum absolute atomic E-state index is 2.36. The first-order valence-corrected chi connectivity index (χ1v) is 4.78. The summed E-state index contributed by atoms with van der Waals surface area (Å²) in [5.41, 5.74) is 6.13. The molecule has 0 spiro atoms. The summed E-state index contributed by atoms with van der Waals surface area (Å²) in [5, 5.41) is 0. The van der Waals surface area contributed by atoms with Gasteiger partial charge in [-0.1, -0.05) is 24.6 Å². The Labute approximate surface area is 74.6 Å². The van der Waals surface area contributed by atoms with Crippen molar-refractivity contribution >= 4 is 0 Å². The first kappa shape index (κ1) is 7.85. The van der Waals surface area contributed by atoms with Gasteiger partial charge in [-0.2, -0.15) is 0 Å². The van der Waals surface area contributed by atoms with Crippen LogP contribution in [0.25, 0.3) is 0 Å². The average Bonchev–Trinajstić information content (AvgIpc) is 2.33. The predicted octanol–water partition coefficient (Wildman–Crippen LogP) is 3.35. The molecule has 2 rings (SSSR count). The summed E-state index contributed by atoms with van der Waals surface area (Å²) < 4.78 is 0. The smallest absolute Gasteiger partial charge is 0.0184 e. The summed E-state index contributed by atoms with van der Waals surface area (Å²) in [7, 11) is 0. The maximum Gasteiger partial charge on any atom is -0.0184 e. The number of aryl methyl sites for hydroxylation is 2. The first-order chi connectivity index (χ1) is 5.68. The fourth-order valence-corrected chi connectivity index (χ4v) is 2.33. The van der Waals surface area contributed by atoms with Crippen LogP contribution in [0.3, 0.4) is 0 Å². The molecule has 0 heteroatoms. The van der Waals surface area contributed by atoms with Crippen LogP contribution in [0.4, 0.5) is 0 Å². The van der Waals surface area contributed by atoms with Crippen LogP contribution in [-0.4, -0.2) is 0 Å². The number of hydrogen-bond acceptors (Lipinski definition) is 0. The number of fused-ring (bicyclic) bond motifs is 1. The topological polar surface area (TPSA) is 0 Å². The molecule has 1 unspecified atom stereocenters. The highest BCUT2D eigenvalue weighted by Crippen LogP contribution is 2.35. The SMILES string of the molecule is Cc1cc(C)c2c(c1)C(C)CC2. The van der Waals surface area contributed by atoms with E-state index in [1.54, 1.807) is 11.1 Å². The minimum Gasteiger partial charge on any atom is -0.0584 e. The van der Waals surface area contributed by atoms with Crippen molar-refractivity contribution in [2.75, 3.05) is 0 Å². The third-order valence-electron chi connectivity index (χ3n) is 3.01. The van der Waals surface area contributed by atoms with Crippen LogP contribution < -0.4 is 0 Å². The van der Waals surface area contributed by atoms with E-state index in [1.807, 2.05) is 0 Å². The van der Waals surface area contributed by atoms with Crippen LogP contribution in [0.5, 0.6) is 0 Å². The van der Waals surface area contributed by atoms with E-state index >= 15 is 0 Å². The Morgan fingerprint density at radius 2 is 2.00 bits per heavy atom. The van der Waals surface area contributed by atoms with E-state index in [0.29, 0.717) is 0 Å². The molecule has 0 N–H and O–H groups in total. The summed E-state index contributed by atoms with van der Waals surface area (Å²) >= 11 is 0. The lowest BCUT2D eigenvalue weighted by Crippen LogP contribution is -1.90. The van der Waals surface area contributed by atoms with E-state index in [9.17, 15) is 0 Å². The van der Waals surface area contributed by atoms with Crippen LogP contribution in [0, 0.1) is 13.8 Å². The lowest BCUT2D eigenvalue weighted by Gasteiger charge is -2.08. The lowest BCUT2D eigenvalue weighted by molar-refractivity contribution is 0.747. The Morgan fingerprint density at radius 1 is 1.25 bits per heavy atom. The zero-order valence-electron chi connectivity index (χ0n) is 8.15. The average molecular weight is 160 g/mol. The largest absolute Gasteiger partial charge is 0.0584 e. The van der Waals surface area contributed by atoms with Crippen molar-refractivity contribution in [1.29, 1.82) is 0 Å². The minimum absolute atomic E-state index is 0.790.